The van der Waals surface area contributed by atoms with Gasteiger partial charge in [0, 0.05) is 12.3 Å². The molecule has 50 valence electrons. The van der Waals surface area contributed by atoms with Crippen LogP contribution in [-0.4, -0.2) is 10.1 Å². The van der Waals surface area contributed by atoms with E-state index < -0.39 is 0 Å². The zero-order chi connectivity index (χ0) is 6.97. The van der Waals surface area contributed by atoms with Crippen molar-refractivity contribution in [3.05, 3.63) is 24.5 Å². The third kappa shape index (κ3) is 0.603. The summed E-state index contributed by atoms with van der Waals surface area (Å²) in [5.74, 6) is 0. The highest BCUT2D eigenvalue weighted by atomic mass is 15.3. The molecule has 0 spiro atoms. The monoisotopic (exact) mass is 134 g/mol. The molecule has 1 N–H and O–H groups in total. The van der Waals surface area contributed by atoms with Crippen LogP contribution in [0.25, 0.3) is 11.0 Å². The summed E-state index contributed by atoms with van der Waals surface area (Å²) < 4.78 is 1.93. The Morgan fingerprint density at radius 1 is 1.60 bits per heavy atom. The highest BCUT2D eigenvalue weighted by molar-refractivity contribution is 5.68. The van der Waals surface area contributed by atoms with Crippen LogP contribution in [0, 0.1) is 0 Å². The van der Waals surface area contributed by atoms with Crippen LogP contribution in [0.2, 0.25) is 0 Å². The fraction of sp³-hybridized carbons (Fsp3) is 0.143. The van der Waals surface area contributed by atoms with Gasteiger partial charge in [0.05, 0.1) is 6.20 Å². The predicted octanol–water partition coefficient (Wildman–Crippen LogP) is 0.387. The number of fused-ring (bicyclic) bond motifs is 1. The molecule has 3 nitrogen and oxygen atoms in total. The molecule has 2 heterocycles. The molecule has 0 unspecified atom stereocenters. The lowest BCUT2D eigenvalue weighted by atomic mass is 10.4. The van der Waals surface area contributed by atoms with E-state index in [2.05, 4.69) is 10.1 Å². The van der Waals surface area contributed by atoms with Crippen molar-refractivity contribution < 1.29 is 4.68 Å². The van der Waals surface area contributed by atoms with E-state index in [1.54, 1.807) is 6.20 Å². The Bertz CT molecular complexity index is 350. The number of rotatable bonds is 0. The van der Waals surface area contributed by atoms with Crippen molar-refractivity contribution in [1.82, 2.24) is 10.1 Å². The molecule has 0 aliphatic heterocycles. The summed E-state index contributed by atoms with van der Waals surface area (Å²) in [6.07, 6.45) is 3.67. The van der Waals surface area contributed by atoms with Crippen molar-refractivity contribution in [2.24, 2.45) is 7.05 Å². The molecule has 0 saturated carbocycles. The number of nitrogens with zero attached hydrogens (tertiary/aromatic N) is 2. The molecule has 0 radical (unpaired) electrons. The van der Waals surface area contributed by atoms with Crippen LogP contribution in [0.1, 0.15) is 0 Å². The molecule has 2 rings (SSSR count). The van der Waals surface area contributed by atoms with Crippen LogP contribution in [-0.2, 0) is 7.05 Å². The first-order valence-electron chi connectivity index (χ1n) is 3.16. The highest BCUT2D eigenvalue weighted by Gasteiger charge is 2.04. The van der Waals surface area contributed by atoms with Gasteiger partial charge in [-0.15, -0.1) is 4.68 Å². The molecule has 2 aromatic heterocycles. The molecule has 0 bridgehead atoms. The molecule has 0 amide bonds. The maximum Gasteiger partial charge on any atom is 0.256 e. The second-order valence-electron chi connectivity index (χ2n) is 2.24. The largest absolute Gasteiger partial charge is 0.256 e. The number of hydrogen-bond acceptors (Lipinski definition) is 1. The molecular weight excluding hydrogens is 126 g/mol. The minimum Gasteiger partial charge on any atom is -0.248 e. The van der Waals surface area contributed by atoms with Gasteiger partial charge in [-0.1, -0.05) is 0 Å². The Kier molecular flexibility index (Phi) is 0.974. The fourth-order valence-electron chi connectivity index (χ4n) is 1.03. The quantitative estimate of drug-likeness (QED) is 0.519. The number of aromatic amines is 1. The van der Waals surface area contributed by atoms with Crippen molar-refractivity contribution >= 4 is 11.0 Å². The number of H-pyrrole nitrogens is 1. The lowest BCUT2D eigenvalue weighted by molar-refractivity contribution is -0.702. The minimum absolute atomic E-state index is 1.00. The van der Waals surface area contributed by atoms with Gasteiger partial charge < -0.3 is 0 Å². The Labute approximate surface area is 58.3 Å². The van der Waals surface area contributed by atoms with E-state index in [9.17, 15) is 0 Å². The molecule has 0 aliphatic carbocycles. The van der Waals surface area contributed by atoms with E-state index in [1.807, 2.05) is 30.1 Å². The van der Waals surface area contributed by atoms with E-state index in [1.165, 1.54) is 0 Å². The van der Waals surface area contributed by atoms with E-state index in [-0.39, 0.29) is 0 Å². The van der Waals surface area contributed by atoms with Gasteiger partial charge in [0.15, 0.2) is 12.6 Å². The van der Waals surface area contributed by atoms with Crippen molar-refractivity contribution in [3.8, 4) is 0 Å². The first-order valence-corrected chi connectivity index (χ1v) is 3.16. The lowest BCUT2D eigenvalue weighted by Crippen LogP contribution is -2.29. The van der Waals surface area contributed by atoms with Crippen LogP contribution in [0.5, 0.6) is 0 Å². The van der Waals surface area contributed by atoms with Gasteiger partial charge in [0.2, 0.25) is 0 Å². The van der Waals surface area contributed by atoms with E-state index in [0.29, 0.717) is 0 Å². The Morgan fingerprint density at radius 2 is 2.50 bits per heavy atom. The first-order chi connectivity index (χ1) is 4.88. The number of aryl methyl sites for hydroxylation is 1. The standard InChI is InChI=1S/C7H7N3/c1-10-7-3-2-4-8-6(7)5-9-10/h2-5H,1H3/p+1. The van der Waals surface area contributed by atoms with Crippen LogP contribution < -0.4 is 4.68 Å². The van der Waals surface area contributed by atoms with Gasteiger partial charge in [0.25, 0.3) is 5.52 Å². The average molecular weight is 134 g/mol. The van der Waals surface area contributed by atoms with Crippen LogP contribution in [0.15, 0.2) is 24.5 Å². The maximum absolute atomic E-state index is 4.15. The SMILES string of the molecule is C[n+]1[nH]cc2ncccc21. The molecule has 0 atom stereocenters. The van der Waals surface area contributed by atoms with Gasteiger partial charge in [-0.05, 0) is 6.07 Å². The first kappa shape index (κ1) is 5.41. The molecule has 0 fully saturated rings. The molecule has 0 aromatic carbocycles. The van der Waals surface area contributed by atoms with Gasteiger partial charge in [0.1, 0.15) is 0 Å². The number of pyridine rings is 1. The smallest absolute Gasteiger partial charge is 0.248 e. The zero-order valence-electron chi connectivity index (χ0n) is 5.70. The van der Waals surface area contributed by atoms with Crippen LogP contribution in [0.4, 0.5) is 0 Å². The number of aromatic nitrogens is 3. The fourth-order valence-corrected chi connectivity index (χ4v) is 1.03. The minimum atomic E-state index is 1.00. The number of nitrogens with one attached hydrogen (secondary N) is 1. The molecule has 10 heavy (non-hydrogen) atoms. The maximum atomic E-state index is 4.15. The summed E-state index contributed by atoms with van der Waals surface area (Å²) in [6, 6.07) is 3.95. The van der Waals surface area contributed by atoms with Crippen molar-refractivity contribution in [2.75, 3.05) is 0 Å². The Balaban J connectivity index is 2.93. The second kappa shape index (κ2) is 1.80. The highest BCUT2D eigenvalue weighted by Crippen LogP contribution is 2.01. The van der Waals surface area contributed by atoms with Crippen molar-refractivity contribution in [2.45, 2.75) is 0 Å². The van der Waals surface area contributed by atoms with Crippen molar-refractivity contribution in [1.29, 1.82) is 0 Å². The normalized spacial score (nSPS) is 10.5. The molecule has 0 saturated heterocycles. The number of hydrogen-bond donors (Lipinski definition) is 1. The van der Waals surface area contributed by atoms with E-state index in [4.69, 9.17) is 0 Å². The van der Waals surface area contributed by atoms with Crippen LogP contribution in [0.3, 0.4) is 0 Å². The molecule has 2 aromatic rings. The Hall–Kier alpha value is -1.38. The van der Waals surface area contributed by atoms with E-state index in [0.717, 1.165) is 11.0 Å². The third-order valence-corrected chi connectivity index (χ3v) is 1.57. The predicted molar refractivity (Wildman–Crippen MR) is 37.3 cm³/mol. The van der Waals surface area contributed by atoms with Gasteiger partial charge >= 0.3 is 0 Å². The van der Waals surface area contributed by atoms with Gasteiger partial charge in [-0.25, -0.2) is 4.98 Å². The van der Waals surface area contributed by atoms with Gasteiger partial charge in [-0.2, -0.15) is 5.10 Å². The molecule has 3 heteroatoms. The summed E-state index contributed by atoms with van der Waals surface area (Å²) >= 11 is 0. The topological polar surface area (TPSA) is 32.6 Å². The van der Waals surface area contributed by atoms with Gasteiger partial charge in [-0.3, -0.25) is 0 Å². The second-order valence-corrected chi connectivity index (χ2v) is 2.24. The summed E-state index contributed by atoms with van der Waals surface area (Å²) in [5.41, 5.74) is 2.13. The lowest BCUT2D eigenvalue weighted by Gasteiger charge is -1.79. The summed E-state index contributed by atoms with van der Waals surface area (Å²) in [7, 11) is 1.96. The zero-order valence-corrected chi connectivity index (χ0v) is 5.70. The summed E-state index contributed by atoms with van der Waals surface area (Å²) in [5, 5.41) is 3.03. The van der Waals surface area contributed by atoms with Crippen LogP contribution >= 0.6 is 0 Å². The van der Waals surface area contributed by atoms with Crippen molar-refractivity contribution in [3.63, 3.8) is 0 Å². The average Bonchev–Trinajstić information content (AvgIpc) is 2.34. The summed E-state index contributed by atoms with van der Waals surface area (Å²) in [6.45, 7) is 0. The summed E-state index contributed by atoms with van der Waals surface area (Å²) in [4.78, 5) is 4.15. The third-order valence-electron chi connectivity index (χ3n) is 1.57. The molecule has 0 aliphatic rings. The van der Waals surface area contributed by atoms with E-state index >= 15 is 0 Å². The Morgan fingerprint density at radius 3 is 3.30 bits per heavy atom. The molecular formula is C7H8N3+.